The predicted molar refractivity (Wildman–Crippen MR) is 48.0 cm³/mol. The normalized spacial score (nSPS) is 12.2. The molecule has 0 spiro atoms. The Kier molecular flexibility index (Phi) is 5.40. The van der Waals surface area contributed by atoms with Crippen LogP contribution in [0, 0.1) is 5.41 Å². The van der Waals surface area contributed by atoms with Crippen molar-refractivity contribution >= 4 is 22.8 Å². The lowest BCUT2D eigenvalue weighted by Crippen LogP contribution is -2.33. The van der Waals surface area contributed by atoms with Crippen molar-refractivity contribution in [3.8, 4) is 0 Å². The van der Waals surface area contributed by atoms with Gasteiger partial charge in [0.05, 0.1) is 6.04 Å². The first-order valence-electron chi connectivity index (χ1n) is 3.57. The lowest BCUT2D eigenvalue weighted by molar-refractivity contribution is -0.112. The van der Waals surface area contributed by atoms with E-state index in [1.54, 1.807) is 0 Å². The van der Waals surface area contributed by atoms with Crippen LogP contribution in [0.15, 0.2) is 0 Å². The van der Waals surface area contributed by atoms with Crippen molar-refractivity contribution in [1.29, 1.82) is 5.41 Å². The molecule has 0 aliphatic heterocycles. The molecule has 0 unspecified atom stereocenters. The van der Waals surface area contributed by atoms with Gasteiger partial charge in [-0.05, 0) is 24.4 Å². The molecule has 5 nitrogen and oxygen atoms in total. The number of carbonyl (C=O) groups excluding carboxylic acids is 1. The van der Waals surface area contributed by atoms with E-state index < -0.39 is 11.3 Å². The average molecular weight is 193 g/mol. The molecular formula is C6H13ClN4O. The van der Waals surface area contributed by atoms with Crippen molar-refractivity contribution in [2.45, 2.75) is 18.9 Å². The lowest BCUT2D eigenvalue weighted by Gasteiger charge is -2.06. The van der Waals surface area contributed by atoms with Crippen molar-refractivity contribution in [3.63, 3.8) is 0 Å². The number of guanidine groups is 1. The smallest absolute Gasteiger partial charge is 0.238 e. The second kappa shape index (κ2) is 5.79. The highest BCUT2D eigenvalue weighted by molar-refractivity contribution is 6.64. The molecular weight excluding hydrogens is 180 g/mol. The van der Waals surface area contributed by atoms with Crippen molar-refractivity contribution in [1.82, 2.24) is 5.32 Å². The SMILES string of the molecule is N=C(N)NCCC[C@H](N)C(=O)Cl. The lowest BCUT2D eigenvalue weighted by atomic mass is 10.2. The number of hydrogen-bond donors (Lipinski definition) is 4. The molecule has 0 heterocycles. The quantitative estimate of drug-likeness (QED) is 0.201. The molecule has 0 bridgehead atoms. The largest absolute Gasteiger partial charge is 0.370 e. The van der Waals surface area contributed by atoms with Crippen LogP contribution in [-0.4, -0.2) is 23.8 Å². The van der Waals surface area contributed by atoms with Crippen molar-refractivity contribution in [3.05, 3.63) is 0 Å². The van der Waals surface area contributed by atoms with Crippen molar-refractivity contribution in [2.24, 2.45) is 11.5 Å². The summed E-state index contributed by atoms with van der Waals surface area (Å²) in [4.78, 5) is 10.4. The third kappa shape index (κ3) is 5.94. The Morgan fingerprint density at radius 1 is 1.67 bits per heavy atom. The third-order valence-corrected chi connectivity index (χ3v) is 1.58. The molecule has 0 aromatic carbocycles. The highest BCUT2D eigenvalue weighted by Crippen LogP contribution is 1.96. The zero-order valence-corrected chi connectivity index (χ0v) is 7.40. The average Bonchev–Trinajstić information content (AvgIpc) is 1.97. The van der Waals surface area contributed by atoms with E-state index >= 15 is 0 Å². The third-order valence-electron chi connectivity index (χ3n) is 1.30. The van der Waals surface area contributed by atoms with Gasteiger partial charge < -0.3 is 16.8 Å². The molecule has 6 heteroatoms. The number of rotatable bonds is 5. The van der Waals surface area contributed by atoms with E-state index in [2.05, 4.69) is 5.32 Å². The summed E-state index contributed by atoms with van der Waals surface area (Å²) in [7, 11) is 0. The van der Waals surface area contributed by atoms with Gasteiger partial charge >= 0.3 is 0 Å². The highest BCUT2D eigenvalue weighted by atomic mass is 35.5. The number of nitrogens with two attached hydrogens (primary N) is 2. The van der Waals surface area contributed by atoms with E-state index in [1.165, 1.54) is 0 Å². The van der Waals surface area contributed by atoms with Gasteiger partial charge in [0.15, 0.2) is 5.96 Å². The molecule has 0 saturated carbocycles. The maximum Gasteiger partial charge on any atom is 0.238 e. The maximum absolute atomic E-state index is 10.4. The van der Waals surface area contributed by atoms with Gasteiger partial charge in [-0.1, -0.05) is 0 Å². The molecule has 0 fully saturated rings. The van der Waals surface area contributed by atoms with Gasteiger partial charge in [0.2, 0.25) is 5.24 Å². The first kappa shape index (κ1) is 11.2. The van der Waals surface area contributed by atoms with Crippen molar-refractivity contribution in [2.75, 3.05) is 6.54 Å². The zero-order chi connectivity index (χ0) is 9.56. The molecule has 0 aromatic rings. The number of hydrogen-bond acceptors (Lipinski definition) is 3. The Morgan fingerprint density at radius 2 is 2.25 bits per heavy atom. The predicted octanol–water partition coefficient (Wildman–Crippen LogP) is -0.658. The minimum Gasteiger partial charge on any atom is -0.370 e. The van der Waals surface area contributed by atoms with Gasteiger partial charge in [0, 0.05) is 6.54 Å². The minimum atomic E-state index is -0.611. The Hall–Kier alpha value is -0.810. The number of carbonyl (C=O) groups is 1. The summed E-state index contributed by atoms with van der Waals surface area (Å²) in [6.07, 6.45) is 1.17. The van der Waals surface area contributed by atoms with E-state index in [9.17, 15) is 4.79 Å². The van der Waals surface area contributed by atoms with E-state index in [0.29, 0.717) is 19.4 Å². The minimum absolute atomic E-state index is 0.0826. The molecule has 12 heavy (non-hydrogen) atoms. The summed E-state index contributed by atoms with van der Waals surface area (Å²) >= 11 is 5.12. The maximum atomic E-state index is 10.4. The Bertz CT molecular complexity index is 173. The number of nitrogens with one attached hydrogen (secondary N) is 2. The molecule has 0 saturated heterocycles. The summed E-state index contributed by atoms with van der Waals surface area (Å²) in [6.45, 7) is 0.535. The first-order chi connectivity index (χ1) is 5.54. The van der Waals surface area contributed by atoms with Gasteiger partial charge in [-0.15, -0.1) is 0 Å². The molecule has 0 amide bonds. The zero-order valence-electron chi connectivity index (χ0n) is 6.64. The van der Waals surface area contributed by atoms with E-state index in [1.807, 2.05) is 0 Å². The van der Waals surface area contributed by atoms with Crippen LogP contribution in [0.2, 0.25) is 0 Å². The van der Waals surface area contributed by atoms with Crippen LogP contribution in [0.25, 0.3) is 0 Å². The molecule has 0 rings (SSSR count). The van der Waals surface area contributed by atoms with Gasteiger partial charge in [-0.2, -0.15) is 0 Å². The molecule has 70 valence electrons. The molecule has 1 atom stereocenters. The van der Waals surface area contributed by atoms with Crippen LogP contribution in [0.4, 0.5) is 0 Å². The van der Waals surface area contributed by atoms with Crippen LogP contribution in [0.1, 0.15) is 12.8 Å². The summed E-state index contributed by atoms with van der Waals surface area (Å²) in [5, 5.41) is 8.87. The summed E-state index contributed by atoms with van der Waals surface area (Å²) in [5.74, 6) is -0.0826. The number of halogens is 1. The summed E-state index contributed by atoms with van der Waals surface area (Å²) in [6, 6.07) is -0.611. The van der Waals surface area contributed by atoms with E-state index in [-0.39, 0.29) is 5.96 Å². The fourth-order valence-corrected chi connectivity index (χ4v) is 0.768. The fourth-order valence-electron chi connectivity index (χ4n) is 0.659. The van der Waals surface area contributed by atoms with Crippen molar-refractivity contribution < 1.29 is 4.79 Å². The second-order valence-electron chi connectivity index (χ2n) is 2.39. The van der Waals surface area contributed by atoms with Gasteiger partial charge in [-0.3, -0.25) is 10.2 Å². The van der Waals surface area contributed by atoms with Gasteiger partial charge in [0.25, 0.3) is 0 Å². The Morgan fingerprint density at radius 3 is 2.67 bits per heavy atom. The van der Waals surface area contributed by atoms with Gasteiger partial charge in [-0.25, -0.2) is 0 Å². The van der Waals surface area contributed by atoms with Crippen LogP contribution in [0.3, 0.4) is 0 Å². The van der Waals surface area contributed by atoms with E-state index in [4.69, 9.17) is 28.5 Å². The molecule has 0 aromatic heterocycles. The fraction of sp³-hybridized carbons (Fsp3) is 0.667. The van der Waals surface area contributed by atoms with E-state index in [0.717, 1.165) is 0 Å². The van der Waals surface area contributed by atoms with Crippen LogP contribution >= 0.6 is 11.6 Å². The summed E-state index contributed by atoms with van der Waals surface area (Å²) < 4.78 is 0. The Labute approximate surface area is 75.9 Å². The topological polar surface area (TPSA) is 105 Å². The Balaban J connectivity index is 3.31. The van der Waals surface area contributed by atoms with Crippen LogP contribution in [0.5, 0.6) is 0 Å². The van der Waals surface area contributed by atoms with Crippen LogP contribution in [-0.2, 0) is 4.79 Å². The standard InChI is InChI=1S/C6H13ClN4O/c7-5(12)4(8)2-1-3-11-6(9)10/h4H,1-3,8H2,(H4,9,10,11)/t4-/m0/s1. The second-order valence-corrected chi connectivity index (χ2v) is 2.77. The highest BCUT2D eigenvalue weighted by Gasteiger charge is 2.08. The van der Waals surface area contributed by atoms with Gasteiger partial charge in [0.1, 0.15) is 0 Å². The monoisotopic (exact) mass is 192 g/mol. The molecule has 0 radical (unpaired) electrons. The molecule has 0 aliphatic rings. The summed E-state index contributed by atoms with van der Waals surface area (Å²) in [5.41, 5.74) is 10.4. The molecule has 6 N–H and O–H groups in total. The molecule has 0 aliphatic carbocycles. The van der Waals surface area contributed by atoms with Crippen LogP contribution < -0.4 is 16.8 Å². The first-order valence-corrected chi connectivity index (χ1v) is 3.94.